The SMILES string of the molecule is O=C1CCCc2[nH]c(=O)c(C(=O)NC3CCN(c4ccccc4OC(F)F)C3)cc21. The molecule has 1 aliphatic heterocycles. The summed E-state index contributed by atoms with van der Waals surface area (Å²) in [6, 6.07) is 7.59. The van der Waals surface area contributed by atoms with E-state index >= 15 is 0 Å². The number of alkyl halides is 2. The zero-order chi connectivity index (χ0) is 21.3. The van der Waals surface area contributed by atoms with E-state index in [1.165, 1.54) is 12.1 Å². The number of anilines is 1. The van der Waals surface area contributed by atoms with Gasteiger partial charge in [0.15, 0.2) is 5.78 Å². The fourth-order valence-corrected chi connectivity index (χ4v) is 4.02. The second kappa shape index (κ2) is 8.25. The van der Waals surface area contributed by atoms with Crippen LogP contribution in [0, 0.1) is 0 Å². The standard InChI is InChI=1S/C21H21F2N3O4/c22-21(23)30-18-7-2-1-5-16(18)26-9-8-12(11-26)24-19(28)14-10-13-15(25-20(14)29)4-3-6-17(13)27/h1-2,5,7,10,12,21H,3-4,6,8-9,11H2,(H,24,28)(H,25,29). The third-order valence-corrected chi connectivity index (χ3v) is 5.44. The minimum absolute atomic E-state index is 0.0733. The van der Waals surface area contributed by atoms with Crippen molar-refractivity contribution in [1.29, 1.82) is 0 Å². The molecule has 1 fully saturated rings. The van der Waals surface area contributed by atoms with Crippen molar-refractivity contribution in [3.63, 3.8) is 0 Å². The first kappa shape index (κ1) is 20.1. The molecule has 0 bridgehead atoms. The number of nitrogens with zero attached hydrogens (tertiary/aromatic N) is 1. The normalized spacial score (nSPS) is 18.4. The van der Waals surface area contributed by atoms with Gasteiger partial charge in [0.05, 0.1) is 5.69 Å². The van der Waals surface area contributed by atoms with Crippen LogP contribution in [0.3, 0.4) is 0 Å². The summed E-state index contributed by atoms with van der Waals surface area (Å²) in [6.07, 6.45) is 2.27. The smallest absolute Gasteiger partial charge is 0.387 e. The van der Waals surface area contributed by atoms with Gasteiger partial charge in [-0.2, -0.15) is 8.78 Å². The molecule has 0 radical (unpaired) electrons. The van der Waals surface area contributed by atoms with Crippen LogP contribution in [-0.2, 0) is 6.42 Å². The van der Waals surface area contributed by atoms with Gasteiger partial charge in [-0.15, -0.1) is 0 Å². The zero-order valence-electron chi connectivity index (χ0n) is 16.1. The number of benzene rings is 1. The molecule has 1 atom stereocenters. The number of hydrogen-bond acceptors (Lipinski definition) is 5. The number of para-hydroxylation sites is 2. The van der Waals surface area contributed by atoms with Crippen molar-refractivity contribution < 1.29 is 23.1 Å². The van der Waals surface area contributed by atoms with Crippen LogP contribution in [0.1, 0.15) is 45.7 Å². The lowest BCUT2D eigenvalue weighted by molar-refractivity contribution is -0.0495. The van der Waals surface area contributed by atoms with Gasteiger partial charge >= 0.3 is 6.61 Å². The predicted octanol–water partition coefficient (Wildman–Crippen LogP) is 2.50. The average Bonchev–Trinajstić information content (AvgIpc) is 3.16. The molecular formula is C21H21F2N3O4. The van der Waals surface area contributed by atoms with Gasteiger partial charge in [-0.1, -0.05) is 12.1 Å². The van der Waals surface area contributed by atoms with Crippen LogP contribution in [0.4, 0.5) is 14.5 Å². The van der Waals surface area contributed by atoms with Gasteiger partial charge in [0.25, 0.3) is 11.5 Å². The number of nitrogens with one attached hydrogen (secondary N) is 2. The van der Waals surface area contributed by atoms with Crippen LogP contribution < -0.4 is 20.5 Å². The fourth-order valence-electron chi connectivity index (χ4n) is 4.02. The van der Waals surface area contributed by atoms with Gasteiger partial charge in [0.2, 0.25) is 0 Å². The van der Waals surface area contributed by atoms with Crippen LogP contribution in [0.15, 0.2) is 35.1 Å². The third-order valence-electron chi connectivity index (χ3n) is 5.44. The molecule has 2 heterocycles. The first-order valence-electron chi connectivity index (χ1n) is 9.81. The summed E-state index contributed by atoms with van der Waals surface area (Å²) in [5.41, 5.74) is 0.884. The van der Waals surface area contributed by atoms with Crippen LogP contribution in [0.25, 0.3) is 0 Å². The molecule has 2 N–H and O–H groups in total. The summed E-state index contributed by atoms with van der Waals surface area (Å²) in [5, 5.41) is 2.82. The van der Waals surface area contributed by atoms with E-state index in [2.05, 4.69) is 15.0 Å². The van der Waals surface area contributed by atoms with Gasteiger partial charge < -0.3 is 19.9 Å². The quantitative estimate of drug-likeness (QED) is 0.780. The lowest BCUT2D eigenvalue weighted by Gasteiger charge is -2.22. The van der Waals surface area contributed by atoms with E-state index in [1.807, 2.05) is 4.90 Å². The topological polar surface area (TPSA) is 91.5 Å². The monoisotopic (exact) mass is 417 g/mol. The number of amides is 1. The van der Waals surface area contributed by atoms with Crippen LogP contribution >= 0.6 is 0 Å². The summed E-state index contributed by atoms with van der Waals surface area (Å²) in [7, 11) is 0. The maximum atomic E-state index is 12.7. The molecule has 1 aliphatic carbocycles. The molecule has 158 valence electrons. The number of aromatic nitrogens is 1. The molecule has 0 saturated carbocycles. The maximum Gasteiger partial charge on any atom is 0.387 e. The Morgan fingerprint density at radius 3 is 2.83 bits per heavy atom. The number of carbonyl (C=O) groups excluding carboxylic acids is 2. The van der Waals surface area contributed by atoms with E-state index in [-0.39, 0.29) is 23.1 Å². The van der Waals surface area contributed by atoms with Crippen LogP contribution in [-0.4, -0.2) is 42.4 Å². The van der Waals surface area contributed by atoms with Crippen LogP contribution in [0.2, 0.25) is 0 Å². The molecule has 4 rings (SSSR count). The Hall–Kier alpha value is -3.23. The summed E-state index contributed by atoms with van der Waals surface area (Å²) in [4.78, 5) is 41.6. The van der Waals surface area contributed by atoms with Crippen molar-refractivity contribution in [3.05, 3.63) is 57.5 Å². The number of aryl methyl sites for hydroxylation is 1. The van der Waals surface area contributed by atoms with E-state index < -0.39 is 18.1 Å². The number of fused-ring (bicyclic) bond motifs is 1. The Labute approximate surface area is 171 Å². The lowest BCUT2D eigenvalue weighted by Crippen LogP contribution is -2.40. The molecule has 1 amide bonds. The molecule has 9 heteroatoms. The second-order valence-corrected chi connectivity index (χ2v) is 7.43. The highest BCUT2D eigenvalue weighted by molar-refractivity contribution is 6.01. The molecule has 2 aliphatic rings. The molecule has 1 aromatic carbocycles. The highest BCUT2D eigenvalue weighted by atomic mass is 19.3. The van der Waals surface area contributed by atoms with Crippen molar-refractivity contribution >= 4 is 17.4 Å². The van der Waals surface area contributed by atoms with E-state index in [0.717, 1.165) is 0 Å². The minimum Gasteiger partial charge on any atom is -0.433 e. The fraction of sp³-hybridized carbons (Fsp3) is 0.381. The van der Waals surface area contributed by atoms with Gasteiger partial charge in [0.1, 0.15) is 11.3 Å². The third kappa shape index (κ3) is 4.05. The number of carbonyl (C=O) groups is 2. The number of aromatic amines is 1. The Morgan fingerprint density at radius 1 is 1.23 bits per heavy atom. The van der Waals surface area contributed by atoms with Crippen molar-refractivity contribution in [2.75, 3.05) is 18.0 Å². The molecular weight excluding hydrogens is 396 g/mol. The van der Waals surface area contributed by atoms with Gasteiger partial charge in [-0.25, -0.2) is 0 Å². The highest BCUT2D eigenvalue weighted by Gasteiger charge is 2.28. The summed E-state index contributed by atoms with van der Waals surface area (Å²) in [5.74, 6) is -0.560. The van der Waals surface area contributed by atoms with Crippen molar-refractivity contribution in [1.82, 2.24) is 10.3 Å². The highest BCUT2D eigenvalue weighted by Crippen LogP contribution is 2.31. The molecule has 2 aromatic rings. The summed E-state index contributed by atoms with van der Waals surface area (Å²) >= 11 is 0. The van der Waals surface area contributed by atoms with Crippen molar-refractivity contribution in [3.8, 4) is 5.75 Å². The number of Topliss-reactive ketones (excluding diaryl/α,β-unsaturated/α-hetero) is 1. The summed E-state index contributed by atoms with van der Waals surface area (Å²) < 4.78 is 29.9. The number of hydrogen-bond donors (Lipinski definition) is 2. The first-order chi connectivity index (χ1) is 14.4. The van der Waals surface area contributed by atoms with Crippen molar-refractivity contribution in [2.24, 2.45) is 0 Å². The molecule has 0 spiro atoms. The minimum atomic E-state index is -2.93. The first-order valence-corrected chi connectivity index (χ1v) is 9.81. The zero-order valence-corrected chi connectivity index (χ0v) is 16.1. The second-order valence-electron chi connectivity index (χ2n) is 7.43. The number of halogens is 2. The van der Waals surface area contributed by atoms with E-state index in [9.17, 15) is 23.2 Å². The molecule has 1 saturated heterocycles. The van der Waals surface area contributed by atoms with Crippen molar-refractivity contribution in [2.45, 2.75) is 38.3 Å². The maximum absolute atomic E-state index is 12.7. The van der Waals surface area contributed by atoms with Gasteiger partial charge in [-0.3, -0.25) is 14.4 Å². The number of pyridine rings is 1. The molecule has 1 aromatic heterocycles. The predicted molar refractivity (Wildman–Crippen MR) is 105 cm³/mol. The Balaban J connectivity index is 1.47. The van der Waals surface area contributed by atoms with Gasteiger partial charge in [-0.05, 0) is 37.5 Å². The van der Waals surface area contributed by atoms with E-state index in [4.69, 9.17) is 0 Å². The largest absolute Gasteiger partial charge is 0.433 e. The Bertz CT molecular complexity index is 1040. The number of ketones is 1. The number of rotatable bonds is 5. The van der Waals surface area contributed by atoms with Gasteiger partial charge in [0, 0.05) is 36.8 Å². The van der Waals surface area contributed by atoms with E-state index in [0.29, 0.717) is 55.7 Å². The Kier molecular flexibility index (Phi) is 5.52. The average molecular weight is 417 g/mol. The Morgan fingerprint density at radius 2 is 2.03 bits per heavy atom. The number of H-pyrrole nitrogens is 1. The summed E-state index contributed by atoms with van der Waals surface area (Å²) in [6.45, 7) is -2.01. The molecule has 7 nitrogen and oxygen atoms in total. The number of ether oxygens (including phenoxy) is 1. The van der Waals surface area contributed by atoms with E-state index in [1.54, 1.807) is 18.2 Å². The van der Waals surface area contributed by atoms with Crippen LogP contribution in [0.5, 0.6) is 5.75 Å². The lowest BCUT2D eigenvalue weighted by atomic mass is 9.93. The molecule has 1 unspecified atom stereocenters. The molecule has 30 heavy (non-hydrogen) atoms.